The molecule has 0 amide bonds. The minimum Gasteiger partial charge on any atom is -0.207 e. The van der Waals surface area contributed by atoms with Crippen LogP contribution < -0.4 is 0 Å². The SMILES string of the molecule is O=S(=O)(c1cc(F)ccc1F)N1CCCC[C@H]1Cc1ccccc1. The first-order chi connectivity index (χ1) is 11.5. The van der Waals surface area contributed by atoms with Crippen molar-refractivity contribution >= 4 is 10.0 Å². The summed E-state index contributed by atoms with van der Waals surface area (Å²) >= 11 is 0. The van der Waals surface area contributed by atoms with Crippen molar-refractivity contribution in [2.75, 3.05) is 6.54 Å². The minimum atomic E-state index is -4.07. The molecule has 0 saturated carbocycles. The molecule has 6 heteroatoms. The zero-order valence-corrected chi connectivity index (χ0v) is 14.0. The Labute approximate surface area is 141 Å². The van der Waals surface area contributed by atoms with Crippen molar-refractivity contribution in [2.45, 2.75) is 36.6 Å². The molecule has 1 saturated heterocycles. The summed E-state index contributed by atoms with van der Waals surface area (Å²) in [7, 11) is -4.07. The smallest absolute Gasteiger partial charge is 0.207 e. The highest BCUT2D eigenvalue weighted by Crippen LogP contribution is 2.29. The number of piperidine rings is 1. The van der Waals surface area contributed by atoms with E-state index in [4.69, 9.17) is 0 Å². The zero-order chi connectivity index (χ0) is 17.2. The molecule has 1 atom stereocenters. The second-order valence-corrected chi connectivity index (χ2v) is 7.89. The molecule has 0 aliphatic carbocycles. The van der Waals surface area contributed by atoms with Crippen LogP contribution in [0.15, 0.2) is 53.4 Å². The van der Waals surface area contributed by atoms with E-state index >= 15 is 0 Å². The maximum atomic E-state index is 14.0. The Balaban J connectivity index is 1.93. The van der Waals surface area contributed by atoms with E-state index in [0.29, 0.717) is 19.4 Å². The summed E-state index contributed by atoms with van der Waals surface area (Å²) in [6.07, 6.45) is 2.93. The van der Waals surface area contributed by atoms with Crippen molar-refractivity contribution in [3.05, 3.63) is 65.7 Å². The summed E-state index contributed by atoms with van der Waals surface area (Å²) in [5, 5.41) is 0. The summed E-state index contributed by atoms with van der Waals surface area (Å²) in [6.45, 7) is 0.329. The zero-order valence-electron chi connectivity index (χ0n) is 13.2. The number of rotatable bonds is 4. The highest BCUT2D eigenvalue weighted by molar-refractivity contribution is 7.89. The van der Waals surface area contributed by atoms with E-state index in [1.807, 2.05) is 30.3 Å². The normalized spacial score (nSPS) is 19.3. The van der Waals surface area contributed by atoms with Gasteiger partial charge in [0.1, 0.15) is 16.5 Å². The van der Waals surface area contributed by atoms with Gasteiger partial charge in [0.05, 0.1) is 0 Å². The number of sulfonamides is 1. The number of benzene rings is 2. The van der Waals surface area contributed by atoms with Crippen LogP contribution in [0.4, 0.5) is 8.78 Å². The molecule has 1 aliphatic heterocycles. The van der Waals surface area contributed by atoms with Crippen LogP contribution >= 0.6 is 0 Å². The van der Waals surface area contributed by atoms with Crippen LogP contribution in [0.3, 0.4) is 0 Å². The standard InChI is InChI=1S/C18H19F2NO2S/c19-15-9-10-17(20)18(13-15)24(22,23)21-11-5-4-8-16(21)12-14-6-2-1-3-7-14/h1-3,6-7,9-10,13,16H,4-5,8,11-12H2/t16-/m0/s1. The molecule has 1 aliphatic rings. The lowest BCUT2D eigenvalue weighted by atomic mass is 9.98. The van der Waals surface area contributed by atoms with Crippen molar-refractivity contribution in [2.24, 2.45) is 0 Å². The average Bonchev–Trinajstić information content (AvgIpc) is 2.58. The van der Waals surface area contributed by atoms with Gasteiger partial charge < -0.3 is 0 Å². The van der Waals surface area contributed by atoms with Crippen LogP contribution in [0.2, 0.25) is 0 Å². The van der Waals surface area contributed by atoms with Gasteiger partial charge in [0.15, 0.2) is 0 Å². The van der Waals surface area contributed by atoms with Gasteiger partial charge in [-0.05, 0) is 43.0 Å². The molecule has 2 aromatic rings. The monoisotopic (exact) mass is 351 g/mol. The summed E-state index contributed by atoms with van der Waals surface area (Å²) in [4.78, 5) is -0.581. The van der Waals surface area contributed by atoms with Crippen molar-refractivity contribution in [1.29, 1.82) is 0 Å². The summed E-state index contributed by atoms with van der Waals surface area (Å²) < 4.78 is 54.5. The molecular formula is C18H19F2NO2S. The van der Waals surface area contributed by atoms with Gasteiger partial charge in [-0.3, -0.25) is 0 Å². The number of nitrogens with zero attached hydrogens (tertiary/aromatic N) is 1. The molecule has 0 spiro atoms. The third-order valence-corrected chi connectivity index (χ3v) is 6.33. The fourth-order valence-corrected chi connectivity index (χ4v) is 4.95. The lowest BCUT2D eigenvalue weighted by Crippen LogP contribution is -2.45. The van der Waals surface area contributed by atoms with E-state index in [9.17, 15) is 17.2 Å². The van der Waals surface area contributed by atoms with Gasteiger partial charge in [-0.2, -0.15) is 4.31 Å². The molecule has 0 aromatic heterocycles. The molecule has 3 rings (SSSR count). The molecule has 128 valence electrons. The Morgan fingerprint density at radius 3 is 2.54 bits per heavy atom. The number of halogens is 2. The van der Waals surface area contributed by atoms with E-state index in [-0.39, 0.29) is 6.04 Å². The van der Waals surface area contributed by atoms with Gasteiger partial charge in [-0.1, -0.05) is 36.8 Å². The third-order valence-electron chi connectivity index (χ3n) is 4.37. The molecule has 0 N–H and O–H groups in total. The van der Waals surface area contributed by atoms with Crippen LogP contribution in [0.25, 0.3) is 0 Å². The highest BCUT2D eigenvalue weighted by Gasteiger charge is 2.35. The predicted molar refractivity (Wildman–Crippen MR) is 88.0 cm³/mol. The Morgan fingerprint density at radius 1 is 1.04 bits per heavy atom. The first-order valence-corrected chi connectivity index (χ1v) is 9.43. The van der Waals surface area contributed by atoms with Crippen LogP contribution in [-0.2, 0) is 16.4 Å². The van der Waals surface area contributed by atoms with E-state index in [0.717, 1.165) is 36.6 Å². The number of hydrogen-bond acceptors (Lipinski definition) is 2. The van der Waals surface area contributed by atoms with Crippen molar-refractivity contribution < 1.29 is 17.2 Å². The molecule has 1 fully saturated rings. The van der Waals surface area contributed by atoms with Crippen molar-refractivity contribution in [1.82, 2.24) is 4.31 Å². The second kappa shape index (κ2) is 6.99. The molecule has 3 nitrogen and oxygen atoms in total. The lowest BCUT2D eigenvalue weighted by Gasteiger charge is -2.35. The molecule has 2 aromatic carbocycles. The largest absolute Gasteiger partial charge is 0.246 e. The van der Waals surface area contributed by atoms with E-state index in [1.165, 1.54) is 4.31 Å². The van der Waals surface area contributed by atoms with E-state index < -0.39 is 26.6 Å². The molecule has 24 heavy (non-hydrogen) atoms. The van der Waals surface area contributed by atoms with Crippen molar-refractivity contribution in [3.8, 4) is 0 Å². The fourth-order valence-electron chi connectivity index (χ4n) is 3.18. The fraction of sp³-hybridized carbons (Fsp3) is 0.333. The van der Waals surface area contributed by atoms with Gasteiger partial charge in [-0.15, -0.1) is 0 Å². The quantitative estimate of drug-likeness (QED) is 0.841. The first-order valence-electron chi connectivity index (χ1n) is 7.99. The molecule has 1 heterocycles. The summed E-state index contributed by atoms with van der Waals surface area (Å²) in [5.41, 5.74) is 1.03. The second-order valence-electron chi connectivity index (χ2n) is 6.03. The Bertz CT molecular complexity index is 809. The molecule has 0 radical (unpaired) electrons. The molecule has 0 unspecified atom stereocenters. The minimum absolute atomic E-state index is 0.242. The maximum Gasteiger partial charge on any atom is 0.246 e. The first kappa shape index (κ1) is 17.0. The number of hydrogen-bond donors (Lipinski definition) is 0. The predicted octanol–water partition coefficient (Wildman–Crippen LogP) is 3.75. The van der Waals surface area contributed by atoms with Crippen LogP contribution in [0.5, 0.6) is 0 Å². The molecule has 0 bridgehead atoms. The highest BCUT2D eigenvalue weighted by atomic mass is 32.2. The summed E-state index contributed by atoms with van der Waals surface area (Å²) in [5.74, 6) is -1.67. The lowest BCUT2D eigenvalue weighted by molar-refractivity contribution is 0.250. The maximum absolute atomic E-state index is 14.0. The Hall–Kier alpha value is -1.79. The van der Waals surface area contributed by atoms with Gasteiger partial charge in [0, 0.05) is 12.6 Å². The Morgan fingerprint density at radius 2 is 1.79 bits per heavy atom. The summed E-state index contributed by atoms with van der Waals surface area (Å²) in [6, 6.07) is 11.9. The van der Waals surface area contributed by atoms with Gasteiger partial charge in [-0.25, -0.2) is 17.2 Å². The van der Waals surface area contributed by atoms with Crippen LogP contribution in [0.1, 0.15) is 24.8 Å². The van der Waals surface area contributed by atoms with Gasteiger partial charge >= 0.3 is 0 Å². The van der Waals surface area contributed by atoms with Crippen LogP contribution in [-0.4, -0.2) is 25.3 Å². The van der Waals surface area contributed by atoms with Crippen LogP contribution in [0, 0.1) is 11.6 Å². The van der Waals surface area contributed by atoms with E-state index in [1.54, 1.807) is 0 Å². The van der Waals surface area contributed by atoms with E-state index in [2.05, 4.69) is 0 Å². The van der Waals surface area contributed by atoms with Gasteiger partial charge in [0.25, 0.3) is 0 Å². The third kappa shape index (κ3) is 3.49. The van der Waals surface area contributed by atoms with Crippen molar-refractivity contribution in [3.63, 3.8) is 0 Å². The topological polar surface area (TPSA) is 37.4 Å². The molecular weight excluding hydrogens is 332 g/mol. The Kier molecular flexibility index (Phi) is 4.96. The van der Waals surface area contributed by atoms with Gasteiger partial charge in [0.2, 0.25) is 10.0 Å². The average molecular weight is 351 g/mol.